The highest BCUT2D eigenvalue weighted by molar-refractivity contribution is 5.40. The molecule has 0 unspecified atom stereocenters. The molecule has 1 saturated heterocycles. The highest BCUT2D eigenvalue weighted by Gasteiger charge is 2.29. The van der Waals surface area contributed by atoms with Crippen LogP contribution in [0.3, 0.4) is 0 Å². The Balaban J connectivity index is 1.41. The first-order chi connectivity index (χ1) is 11.2. The molecular weight excluding hydrogens is 292 g/mol. The standard InChI is InChI=1S/C16H16N6O/c17-5-13-6-19-15(7-18-13)21-8-11(9-21)10-22-16(23)4-12-2-1-3-14(12)20-22/h4,6-7,11H,1-3,8-10H2. The van der Waals surface area contributed by atoms with Crippen LogP contribution in [-0.4, -0.2) is 32.8 Å². The summed E-state index contributed by atoms with van der Waals surface area (Å²) in [5.74, 6) is 1.16. The molecule has 7 nitrogen and oxygen atoms in total. The second kappa shape index (κ2) is 5.47. The number of aromatic nitrogens is 4. The summed E-state index contributed by atoms with van der Waals surface area (Å²) in [7, 11) is 0. The number of aryl methyl sites for hydroxylation is 2. The summed E-state index contributed by atoms with van der Waals surface area (Å²) in [5.41, 5.74) is 2.52. The van der Waals surface area contributed by atoms with Crippen LogP contribution in [0, 0.1) is 17.2 Å². The average molecular weight is 308 g/mol. The molecule has 0 spiro atoms. The van der Waals surface area contributed by atoms with Crippen molar-refractivity contribution in [3.05, 3.63) is 45.8 Å². The van der Waals surface area contributed by atoms with Crippen molar-refractivity contribution < 1.29 is 0 Å². The number of anilines is 1. The molecule has 1 aliphatic carbocycles. The lowest BCUT2D eigenvalue weighted by atomic mass is 10.0. The fourth-order valence-corrected chi connectivity index (χ4v) is 3.23. The van der Waals surface area contributed by atoms with E-state index < -0.39 is 0 Å². The zero-order valence-corrected chi connectivity index (χ0v) is 12.6. The number of hydrogen-bond donors (Lipinski definition) is 0. The Kier molecular flexibility index (Phi) is 3.30. The van der Waals surface area contributed by atoms with E-state index in [2.05, 4.69) is 20.0 Å². The molecule has 0 bridgehead atoms. The quantitative estimate of drug-likeness (QED) is 0.822. The van der Waals surface area contributed by atoms with E-state index in [9.17, 15) is 4.79 Å². The summed E-state index contributed by atoms with van der Waals surface area (Å²) in [6, 6.07) is 3.71. The second-order valence-electron chi connectivity index (χ2n) is 6.13. The van der Waals surface area contributed by atoms with E-state index in [1.807, 2.05) is 6.07 Å². The SMILES string of the molecule is N#Cc1cnc(N2CC(Cn3nc4c(cc3=O)CCC4)C2)cn1. The van der Waals surface area contributed by atoms with Crippen LogP contribution in [-0.2, 0) is 19.4 Å². The van der Waals surface area contributed by atoms with Crippen molar-refractivity contribution in [2.75, 3.05) is 18.0 Å². The molecule has 4 rings (SSSR count). The molecule has 0 aromatic carbocycles. The minimum Gasteiger partial charge on any atom is -0.355 e. The molecule has 0 saturated carbocycles. The number of rotatable bonds is 3. The normalized spacial score (nSPS) is 16.7. The Labute approximate surface area is 133 Å². The Morgan fingerprint density at radius 2 is 2.13 bits per heavy atom. The maximum Gasteiger partial charge on any atom is 0.267 e. The van der Waals surface area contributed by atoms with Crippen molar-refractivity contribution in [2.45, 2.75) is 25.8 Å². The van der Waals surface area contributed by atoms with Crippen molar-refractivity contribution >= 4 is 5.82 Å². The fraction of sp³-hybridized carbons (Fsp3) is 0.438. The average Bonchev–Trinajstić information content (AvgIpc) is 2.97. The van der Waals surface area contributed by atoms with Gasteiger partial charge >= 0.3 is 0 Å². The monoisotopic (exact) mass is 308 g/mol. The minimum absolute atomic E-state index is 0.00210. The Hall–Kier alpha value is -2.75. The van der Waals surface area contributed by atoms with Crippen molar-refractivity contribution in [1.29, 1.82) is 5.26 Å². The van der Waals surface area contributed by atoms with Gasteiger partial charge in [0.05, 0.1) is 24.6 Å². The first kappa shape index (κ1) is 13.9. The molecule has 3 heterocycles. The summed E-state index contributed by atoms with van der Waals surface area (Å²) in [6.45, 7) is 2.30. The maximum atomic E-state index is 12.1. The minimum atomic E-state index is 0.00210. The second-order valence-corrected chi connectivity index (χ2v) is 6.13. The van der Waals surface area contributed by atoms with Gasteiger partial charge in [0.2, 0.25) is 0 Å². The van der Waals surface area contributed by atoms with Crippen molar-refractivity contribution in [3.8, 4) is 6.07 Å². The summed E-state index contributed by atoms with van der Waals surface area (Å²) in [4.78, 5) is 22.5. The first-order valence-electron chi connectivity index (χ1n) is 7.80. The van der Waals surface area contributed by atoms with Gasteiger partial charge in [-0.3, -0.25) is 4.79 Å². The maximum absolute atomic E-state index is 12.1. The van der Waals surface area contributed by atoms with Crippen molar-refractivity contribution in [3.63, 3.8) is 0 Å². The van der Waals surface area contributed by atoms with E-state index in [0.717, 1.165) is 49.4 Å². The van der Waals surface area contributed by atoms with Crippen molar-refractivity contribution in [1.82, 2.24) is 19.7 Å². The van der Waals surface area contributed by atoms with Gasteiger partial charge in [0, 0.05) is 25.1 Å². The van der Waals surface area contributed by atoms with Gasteiger partial charge in [0.25, 0.3) is 5.56 Å². The molecule has 23 heavy (non-hydrogen) atoms. The lowest BCUT2D eigenvalue weighted by Crippen LogP contribution is -2.50. The molecule has 2 aliphatic rings. The summed E-state index contributed by atoms with van der Waals surface area (Å²) in [5, 5.41) is 13.2. The lowest BCUT2D eigenvalue weighted by Gasteiger charge is -2.39. The van der Waals surface area contributed by atoms with Gasteiger partial charge in [-0.15, -0.1) is 0 Å². The lowest BCUT2D eigenvalue weighted by molar-refractivity contribution is 0.331. The fourth-order valence-electron chi connectivity index (χ4n) is 3.23. The molecule has 0 amide bonds. The van der Waals surface area contributed by atoms with Gasteiger partial charge in [0.15, 0.2) is 5.69 Å². The van der Waals surface area contributed by atoms with Crippen LogP contribution in [0.1, 0.15) is 23.4 Å². The Bertz CT molecular complexity index is 829. The molecule has 0 atom stereocenters. The molecule has 116 valence electrons. The largest absolute Gasteiger partial charge is 0.355 e. The molecule has 0 N–H and O–H groups in total. The number of nitriles is 1. The number of fused-ring (bicyclic) bond motifs is 1. The Morgan fingerprint density at radius 1 is 1.26 bits per heavy atom. The first-order valence-corrected chi connectivity index (χ1v) is 7.80. The van der Waals surface area contributed by atoms with Gasteiger partial charge in [-0.05, 0) is 24.8 Å². The van der Waals surface area contributed by atoms with E-state index in [1.165, 1.54) is 6.20 Å². The highest BCUT2D eigenvalue weighted by atomic mass is 16.1. The molecule has 2 aromatic heterocycles. The predicted molar refractivity (Wildman–Crippen MR) is 83.0 cm³/mol. The molecule has 2 aromatic rings. The third kappa shape index (κ3) is 2.57. The summed E-state index contributed by atoms with van der Waals surface area (Å²) in [6.07, 6.45) is 6.16. The van der Waals surface area contributed by atoms with Crippen LogP contribution in [0.25, 0.3) is 0 Å². The smallest absolute Gasteiger partial charge is 0.267 e. The van der Waals surface area contributed by atoms with Crippen LogP contribution in [0.2, 0.25) is 0 Å². The number of nitrogens with zero attached hydrogens (tertiary/aromatic N) is 6. The highest BCUT2D eigenvalue weighted by Crippen LogP contribution is 2.23. The zero-order chi connectivity index (χ0) is 15.8. The topological polar surface area (TPSA) is 87.7 Å². The summed E-state index contributed by atoms with van der Waals surface area (Å²) < 4.78 is 1.61. The molecule has 1 aliphatic heterocycles. The Morgan fingerprint density at radius 3 is 2.87 bits per heavy atom. The van der Waals surface area contributed by atoms with E-state index >= 15 is 0 Å². The molecule has 7 heteroatoms. The van der Waals surface area contributed by atoms with E-state index in [4.69, 9.17) is 5.26 Å². The molecular formula is C16H16N6O. The van der Waals surface area contributed by atoms with Gasteiger partial charge in [0.1, 0.15) is 11.9 Å². The van der Waals surface area contributed by atoms with Gasteiger partial charge < -0.3 is 4.90 Å². The number of hydrogen-bond acceptors (Lipinski definition) is 6. The van der Waals surface area contributed by atoms with Crippen LogP contribution in [0.4, 0.5) is 5.82 Å². The van der Waals surface area contributed by atoms with E-state index in [-0.39, 0.29) is 5.56 Å². The van der Waals surface area contributed by atoms with Gasteiger partial charge in [-0.2, -0.15) is 10.4 Å². The van der Waals surface area contributed by atoms with Crippen LogP contribution >= 0.6 is 0 Å². The van der Waals surface area contributed by atoms with Gasteiger partial charge in [-0.25, -0.2) is 14.6 Å². The predicted octanol–water partition coefficient (Wildman–Crippen LogP) is 0.530. The third-order valence-corrected chi connectivity index (χ3v) is 4.49. The summed E-state index contributed by atoms with van der Waals surface area (Å²) >= 11 is 0. The van der Waals surface area contributed by atoms with Crippen LogP contribution in [0.15, 0.2) is 23.3 Å². The third-order valence-electron chi connectivity index (χ3n) is 4.49. The van der Waals surface area contributed by atoms with E-state index in [1.54, 1.807) is 16.9 Å². The van der Waals surface area contributed by atoms with Crippen LogP contribution in [0.5, 0.6) is 0 Å². The van der Waals surface area contributed by atoms with Crippen molar-refractivity contribution in [2.24, 2.45) is 5.92 Å². The zero-order valence-electron chi connectivity index (χ0n) is 12.6. The van der Waals surface area contributed by atoms with Crippen LogP contribution < -0.4 is 10.5 Å². The van der Waals surface area contributed by atoms with Gasteiger partial charge in [-0.1, -0.05) is 0 Å². The van der Waals surface area contributed by atoms with E-state index in [0.29, 0.717) is 18.2 Å². The molecule has 1 fully saturated rings. The molecule has 0 radical (unpaired) electrons.